The number of ether oxygens (including phenoxy) is 1. The monoisotopic (exact) mass is 353 g/mol. The molecule has 7 heteroatoms. The average molecular weight is 353 g/mol. The number of piperazine rings is 1. The van der Waals surface area contributed by atoms with Crippen LogP contribution >= 0.6 is 0 Å². The summed E-state index contributed by atoms with van der Waals surface area (Å²) < 4.78 is 33.8. The molecule has 0 atom stereocenters. The Kier molecular flexibility index (Phi) is 5.44. The Morgan fingerprint density at radius 1 is 1.12 bits per heavy atom. The minimum Gasteiger partial charge on any atom is -0.493 e. The highest BCUT2D eigenvalue weighted by molar-refractivity contribution is 7.86. The molecule has 6 nitrogen and oxygen atoms in total. The fourth-order valence-electron chi connectivity index (χ4n) is 3.43. The molecule has 0 N–H and O–H groups in total. The summed E-state index contributed by atoms with van der Waals surface area (Å²) >= 11 is 0. The maximum absolute atomic E-state index is 12.6. The first-order valence-electron chi connectivity index (χ1n) is 8.76. The van der Waals surface area contributed by atoms with Crippen molar-refractivity contribution in [2.75, 3.05) is 45.9 Å². The van der Waals surface area contributed by atoms with Crippen LogP contribution in [0.2, 0.25) is 0 Å². The zero-order chi connectivity index (χ0) is 17.2. The van der Waals surface area contributed by atoms with Gasteiger partial charge in [-0.15, -0.1) is 0 Å². The van der Waals surface area contributed by atoms with E-state index < -0.39 is 10.2 Å². The number of benzene rings is 1. The predicted octanol–water partition coefficient (Wildman–Crippen LogP) is 1.33. The molecule has 2 heterocycles. The second-order valence-corrected chi connectivity index (χ2v) is 8.24. The van der Waals surface area contributed by atoms with Gasteiger partial charge in [0.15, 0.2) is 0 Å². The lowest BCUT2D eigenvalue weighted by Gasteiger charge is -2.36. The van der Waals surface area contributed by atoms with Crippen LogP contribution in [0.3, 0.4) is 0 Å². The average Bonchev–Trinajstić information content (AvgIpc) is 3.04. The van der Waals surface area contributed by atoms with E-state index in [1.54, 1.807) is 4.31 Å². The van der Waals surface area contributed by atoms with Gasteiger partial charge in [-0.3, -0.25) is 4.90 Å². The summed E-state index contributed by atoms with van der Waals surface area (Å²) in [5.74, 6) is 1.01. The summed E-state index contributed by atoms with van der Waals surface area (Å²) in [5.41, 5.74) is 2.56. The number of hydrogen-bond donors (Lipinski definition) is 0. The van der Waals surface area contributed by atoms with E-state index in [1.165, 1.54) is 15.4 Å². The second-order valence-electron chi connectivity index (χ2n) is 6.31. The summed E-state index contributed by atoms with van der Waals surface area (Å²) in [4.78, 5) is 2.33. The molecular formula is C17H27N3O3S. The van der Waals surface area contributed by atoms with Crippen molar-refractivity contribution in [3.63, 3.8) is 0 Å². The highest BCUT2D eigenvalue weighted by atomic mass is 32.2. The maximum Gasteiger partial charge on any atom is 0.282 e. The summed E-state index contributed by atoms with van der Waals surface area (Å²) in [5, 5.41) is 0. The van der Waals surface area contributed by atoms with E-state index in [0.29, 0.717) is 26.2 Å². The van der Waals surface area contributed by atoms with Crippen molar-refractivity contribution in [3.8, 4) is 5.75 Å². The van der Waals surface area contributed by atoms with Gasteiger partial charge in [-0.25, -0.2) is 0 Å². The highest BCUT2D eigenvalue weighted by Gasteiger charge is 2.30. The van der Waals surface area contributed by atoms with Gasteiger partial charge in [0, 0.05) is 52.2 Å². The molecule has 2 aliphatic rings. The summed E-state index contributed by atoms with van der Waals surface area (Å²) in [6.07, 6.45) is 0.985. The fourth-order valence-corrected chi connectivity index (χ4v) is 5.03. The first-order chi connectivity index (χ1) is 11.5. The number of fused-ring (bicyclic) bond motifs is 1. The third-order valence-electron chi connectivity index (χ3n) is 4.85. The molecular weight excluding hydrogens is 326 g/mol. The van der Waals surface area contributed by atoms with Gasteiger partial charge in [0.1, 0.15) is 5.75 Å². The van der Waals surface area contributed by atoms with Gasteiger partial charge in [0.25, 0.3) is 10.2 Å². The summed E-state index contributed by atoms with van der Waals surface area (Å²) in [6, 6.07) is 6.39. The lowest BCUT2D eigenvalue weighted by molar-refractivity contribution is 0.175. The lowest BCUT2D eigenvalue weighted by Crippen LogP contribution is -2.52. The van der Waals surface area contributed by atoms with Crippen LogP contribution in [0.25, 0.3) is 0 Å². The highest BCUT2D eigenvalue weighted by Crippen LogP contribution is 2.26. The number of hydrogen-bond acceptors (Lipinski definition) is 4. The van der Waals surface area contributed by atoms with E-state index in [0.717, 1.165) is 38.4 Å². The summed E-state index contributed by atoms with van der Waals surface area (Å²) in [6.45, 7) is 9.13. The van der Waals surface area contributed by atoms with Crippen molar-refractivity contribution >= 4 is 10.2 Å². The van der Waals surface area contributed by atoms with Gasteiger partial charge in [-0.05, 0) is 17.2 Å². The van der Waals surface area contributed by atoms with E-state index in [-0.39, 0.29) is 0 Å². The quantitative estimate of drug-likeness (QED) is 0.774. The Morgan fingerprint density at radius 2 is 1.83 bits per heavy atom. The van der Waals surface area contributed by atoms with Crippen molar-refractivity contribution in [3.05, 3.63) is 29.3 Å². The van der Waals surface area contributed by atoms with Crippen molar-refractivity contribution in [1.82, 2.24) is 13.5 Å². The lowest BCUT2D eigenvalue weighted by atomic mass is 10.1. The Morgan fingerprint density at radius 3 is 2.50 bits per heavy atom. The molecule has 0 unspecified atom stereocenters. The molecule has 0 bridgehead atoms. The van der Waals surface area contributed by atoms with Crippen molar-refractivity contribution in [1.29, 1.82) is 0 Å². The van der Waals surface area contributed by atoms with Crippen LogP contribution in [-0.2, 0) is 23.2 Å². The zero-order valence-corrected chi connectivity index (χ0v) is 15.4. The minimum absolute atomic E-state index is 0.524. The second kappa shape index (κ2) is 7.39. The smallest absolute Gasteiger partial charge is 0.282 e. The molecule has 0 aromatic heterocycles. The molecule has 3 rings (SSSR count). The Bertz CT molecular complexity index is 666. The maximum atomic E-state index is 12.6. The molecule has 0 amide bonds. The zero-order valence-electron chi connectivity index (χ0n) is 14.6. The molecule has 0 aliphatic carbocycles. The fraction of sp³-hybridized carbons (Fsp3) is 0.647. The van der Waals surface area contributed by atoms with E-state index in [1.807, 2.05) is 13.8 Å². The third-order valence-corrected chi connectivity index (χ3v) is 7.04. The van der Waals surface area contributed by atoms with E-state index >= 15 is 0 Å². The van der Waals surface area contributed by atoms with Crippen LogP contribution in [0.5, 0.6) is 5.75 Å². The van der Waals surface area contributed by atoms with Crippen molar-refractivity contribution in [2.24, 2.45) is 0 Å². The van der Waals surface area contributed by atoms with Gasteiger partial charge in [-0.1, -0.05) is 26.0 Å². The SMILES string of the molecule is CCN(CC)S(=O)(=O)N1CCN(Cc2ccc3c(c2)CCO3)CC1. The van der Waals surface area contributed by atoms with Gasteiger partial charge < -0.3 is 4.74 Å². The molecule has 1 aromatic rings. The van der Waals surface area contributed by atoms with E-state index in [9.17, 15) is 8.42 Å². The van der Waals surface area contributed by atoms with Crippen LogP contribution < -0.4 is 4.74 Å². The summed E-state index contributed by atoms with van der Waals surface area (Å²) in [7, 11) is -3.31. The van der Waals surface area contributed by atoms with Crippen molar-refractivity contribution < 1.29 is 13.2 Å². The van der Waals surface area contributed by atoms with E-state index in [4.69, 9.17) is 4.74 Å². The largest absolute Gasteiger partial charge is 0.493 e. The standard InChI is InChI=1S/C17H27N3O3S/c1-3-19(4-2)24(21,22)20-10-8-18(9-11-20)14-15-5-6-17-16(13-15)7-12-23-17/h5-6,13H,3-4,7-12,14H2,1-2H3. The molecule has 1 fully saturated rings. The Balaban J connectivity index is 1.57. The van der Waals surface area contributed by atoms with Gasteiger partial charge in [-0.2, -0.15) is 17.0 Å². The van der Waals surface area contributed by atoms with Crippen LogP contribution in [0.15, 0.2) is 18.2 Å². The first kappa shape index (κ1) is 17.7. The molecule has 1 aromatic carbocycles. The van der Waals surface area contributed by atoms with Crippen LogP contribution in [0, 0.1) is 0 Å². The molecule has 0 saturated carbocycles. The molecule has 1 saturated heterocycles. The van der Waals surface area contributed by atoms with Crippen LogP contribution in [0.4, 0.5) is 0 Å². The van der Waals surface area contributed by atoms with Crippen LogP contribution in [-0.4, -0.2) is 67.8 Å². The molecule has 0 spiro atoms. The predicted molar refractivity (Wildman–Crippen MR) is 94.3 cm³/mol. The number of nitrogens with zero attached hydrogens (tertiary/aromatic N) is 3. The first-order valence-corrected chi connectivity index (χ1v) is 10.2. The van der Waals surface area contributed by atoms with E-state index in [2.05, 4.69) is 23.1 Å². The Labute approximate surface area is 145 Å². The minimum atomic E-state index is -3.31. The van der Waals surface area contributed by atoms with Gasteiger partial charge in [0.05, 0.1) is 6.61 Å². The van der Waals surface area contributed by atoms with Gasteiger partial charge >= 0.3 is 0 Å². The normalized spacial score (nSPS) is 19.5. The third kappa shape index (κ3) is 3.59. The molecule has 2 aliphatic heterocycles. The number of rotatable bonds is 6. The van der Waals surface area contributed by atoms with Crippen LogP contribution in [0.1, 0.15) is 25.0 Å². The molecule has 134 valence electrons. The Hall–Kier alpha value is -1.15. The van der Waals surface area contributed by atoms with Gasteiger partial charge in [0.2, 0.25) is 0 Å². The topological polar surface area (TPSA) is 53.1 Å². The molecule has 0 radical (unpaired) electrons. The van der Waals surface area contributed by atoms with Crippen molar-refractivity contribution in [2.45, 2.75) is 26.8 Å². The molecule has 24 heavy (non-hydrogen) atoms.